The van der Waals surface area contributed by atoms with Crippen LogP contribution in [0.3, 0.4) is 0 Å². The lowest BCUT2D eigenvalue weighted by Crippen LogP contribution is -1.73. The van der Waals surface area contributed by atoms with E-state index in [9.17, 15) is 0 Å². The molecule has 3 heterocycles. The molecule has 0 saturated carbocycles. The van der Waals surface area contributed by atoms with E-state index in [1.807, 2.05) is 35.7 Å². The first-order chi connectivity index (χ1) is 13.3. The molecule has 27 heavy (non-hydrogen) atoms. The molecule has 0 aliphatic rings. The van der Waals surface area contributed by atoms with Gasteiger partial charge in [-0.05, 0) is 64.9 Å². The highest BCUT2D eigenvalue weighted by atomic mass is 32.1. The molecule has 1 N–H and O–H groups in total. The van der Waals surface area contributed by atoms with Gasteiger partial charge in [-0.3, -0.25) is 0 Å². The summed E-state index contributed by atoms with van der Waals surface area (Å²) in [5.41, 5.74) is 4.46. The molecule has 0 bridgehead atoms. The minimum Gasteiger partial charge on any atom is -0.456 e. The molecule has 0 radical (unpaired) electrons. The molecular weight excluding hydrogens is 350 g/mol. The fraction of sp³-hybridized carbons (Fsp3) is 0. The minimum atomic E-state index is 0.915. The molecule has 3 aromatic carbocycles. The maximum atomic E-state index is 6.03. The Labute approximate surface area is 159 Å². The number of rotatable bonds is 2. The molecule has 0 atom stereocenters. The predicted molar refractivity (Wildman–Crippen MR) is 114 cm³/mol. The average molecular weight is 365 g/mol. The average Bonchev–Trinajstić information content (AvgIpc) is 3.42. The van der Waals surface area contributed by atoms with Gasteiger partial charge in [0.05, 0.1) is 0 Å². The number of thiophene rings is 1. The smallest absolute Gasteiger partial charge is 0.135 e. The van der Waals surface area contributed by atoms with E-state index in [4.69, 9.17) is 4.42 Å². The van der Waals surface area contributed by atoms with Crippen LogP contribution in [0.15, 0.2) is 89.5 Å². The van der Waals surface area contributed by atoms with E-state index in [0.717, 1.165) is 22.3 Å². The Morgan fingerprint density at radius 3 is 2.59 bits per heavy atom. The van der Waals surface area contributed by atoms with Crippen molar-refractivity contribution in [2.45, 2.75) is 0 Å². The summed E-state index contributed by atoms with van der Waals surface area (Å²) in [5.74, 6) is 0.915. The van der Waals surface area contributed by atoms with Crippen LogP contribution in [-0.4, -0.2) is 4.98 Å². The quantitative estimate of drug-likeness (QED) is 0.339. The summed E-state index contributed by atoms with van der Waals surface area (Å²) < 4.78 is 7.32. The van der Waals surface area contributed by atoms with Crippen molar-refractivity contribution in [2.75, 3.05) is 0 Å². The molecule has 3 aromatic heterocycles. The molecule has 6 rings (SSSR count). The molecule has 0 aliphatic carbocycles. The number of hydrogen-bond acceptors (Lipinski definition) is 2. The number of hydrogen-bond donors (Lipinski definition) is 1. The minimum absolute atomic E-state index is 0.915. The van der Waals surface area contributed by atoms with Gasteiger partial charge < -0.3 is 9.40 Å². The van der Waals surface area contributed by atoms with Crippen LogP contribution in [0.2, 0.25) is 0 Å². The number of fused-ring (bicyclic) bond motifs is 3. The van der Waals surface area contributed by atoms with E-state index in [-0.39, 0.29) is 0 Å². The zero-order chi connectivity index (χ0) is 17.8. The maximum absolute atomic E-state index is 6.03. The van der Waals surface area contributed by atoms with Gasteiger partial charge in [0, 0.05) is 32.2 Å². The molecule has 128 valence electrons. The largest absolute Gasteiger partial charge is 0.456 e. The Morgan fingerprint density at radius 2 is 1.63 bits per heavy atom. The number of furan rings is 1. The van der Waals surface area contributed by atoms with Gasteiger partial charge in [0.1, 0.15) is 11.3 Å². The highest BCUT2D eigenvalue weighted by Crippen LogP contribution is 2.37. The molecular formula is C24H15NOS. The van der Waals surface area contributed by atoms with Crippen LogP contribution in [0.5, 0.6) is 0 Å². The lowest BCUT2D eigenvalue weighted by Gasteiger charge is -1.97. The van der Waals surface area contributed by atoms with E-state index in [1.54, 1.807) is 0 Å². The monoisotopic (exact) mass is 365 g/mol. The Bertz CT molecular complexity index is 1400. The van der Waals surface area contributed by atoms with Crippen LogP contribution in [0.1, 0.15) is 0 Å². The maximum Gasteiger partial charge on any atom is 0.135 e. The molecule has 0 aliphatic heterocycles. The summed E-state index contributed by atoms with van der Waals surface area (Å²) in [6.45, 7) is 0. The standard InChI is InChI=1S/C24H15NOS/c1-2-4-21-16(3-1)13-22(26-21)17-7-8-23-19(11-17)14-24(27-23)18-6-5-15-9-10-25-20(15)12-18/h1-14,25H. The molecule has 0 fully saturated rings. The first kappa shape index (κ1) is 14.8. The number of benzene rings is 3. The van der Waals surface area contributed by atoms with E-state index >= 15 is 0 Å². The highest BCUT2D eigenvalue weighted by molar-refractivity contribution is 7.22. The van der Waals surface area contributed by atoms with Crippen molar-refractivity contribution in [3.63, 3.8) is 0 Å². The first-order valence-corrected chi connectivity index (χ1v) is 9.75. The van der Waals surface area contributed by atoms with Crippen LogP contribution >= 0.6 is 11.3 Å². The molecule has 2 nitrogen and oxygen atoms in total. The third-order valence-electron chi connectivity index (χ3n) is 5.07. The zero-order valence-electron chi connectivity index (χ0n) is 14.4. The second-order valence-electron chi connectivity index (χ2n) is 6.79. The summed E-state index contributed by atoms with van der Waals surface area (Å²) >= 11 is 1.83. The van der Waals surface area contributed by atoms with Crippen molar-refractivity contribution >= 4 is 43.3 Å². The first-order valence-electron chi connectivity index (χ1n) is 8.94. The summed E-state index contributed by atoms with van der Waals surface area (Å²) in [7, 11) is 0. The van der Waals surface area contributed by atoms with Gasteiger partial charge in [-0.15, -0.1) is 11.3 Å². The molecule has 0 unspecified atom stereocenters. The molecule has 3 heteroatoms. The Hall–Kier alpha value is -3.30. The topological polar surface area (TPSA) is 28.9 Å². The lowest BCUT2D eigenvalue weighted by molar-refractivity contribution is 0.631. The third kappa shape index (κ3) is 2.40. The number of aromatic amines is 1. The Morgan fingerprint density at radius 1 is 0.704 bits per heavy atom. The van der Waals surface area contributed by atoms with Crippen LogP contribution in [0.4, 0.5) is 0 Å². The van der Waals surface area contributed by atoms with Gasteiger partial charge in [0.2, 0.25) is 0 Å². The fourth-order valence-electron chi connectivity index (χ4n) is 3.66. The number of para-hydroxylation sites is 1. The van der Waals surface area contributed by atoms with E-state index in [0.29, 0.717) is 0 Å². The number of nitrogens with one attached hydrogen (secondary N) is 1. The molecule has 0 saturated heterocycles. The van der Waals surface area contributed by atoms with Crippen LogP contribution in [-0.2, 0) is 0 Å². The second kappa shape index (κ2) is 5.60. The Kier molecular flexibility index (Phi) is 3.07. The van der Waals surface area contributed by atoms with Crippen molar-refractivity contribution in [1.29, 1.82) is 0 Å². The van der Waals surface area contributed by atoms with Crippen molar-refractivity contribution in [3.05, 3.63) is 85.1 Å². The lowest BCUT2D eigenvalue weighted by atomic mass is 10.1. The van der Waals surface area contributed by atoms with Gasteiger partial charge in [-0.25, -0.2) is 0 Å². The number of aromatic nitrogens is 1. The molecule has 0 amide bonds. The summed E-state index contributed by atoms with van der Waals surface area (Å²) in [5, 5.41) is 3.63. The summed E-state index contributed by atoms with van der Waals surface area (Å²) in [6.07, 6.45) is 1.99. The highest BCUT2D eigenvalue weighted by Gasteiger charge is 2.10. The SMILES string of the molecule is c1ccc2oc(-c3ccc4sc(-c5ccc6cc[nH]c6c5)cc4c3)cc2c1. The number of H-pyrrole nitrogens is 1. The van der Waals surface area contributed by atoms with E-state index in [1.165, 1.54) is 31.4 Å². The second-order valence-corrected chi connectivity index (χ2v) is 7.88. The van der Waals surface area contributed by atoms with Crippen molar-refractivity contribution < 1.29 is 4.42 Å². The van der Waals surface area contributed by atoms with E-state index in [2.05, 4.69) is 65.6 Å². The van der Waals surface area contributed by atoms with Gasteiger partial charge in [-0.2, -0.15) is 0 Å². The normalized spacial score (nSPS) is 11.7. The van der Waals surface area contributed by atoms with Gasteiger partial charge in [-0.1, -0.05) is 30.3 Å². The van der Waals surface area contributed by atoms with Gasteiger partial charge in [0.25, 0.3) is 0 Å². The van der Waals surface area contributed by atoms with Crippen molar-refractivity contribution in [3.8, 4) is 21.8 Å². The molecule has 6 aromatic rings. The van der Waals surface area contributed by atoms with Crippen molar-refractivity contribution in [1.82, 2.24) is 4.98 Å². The van der Waals surface area contributed by atoms with Crippen LogP contribution in [0.25, 0.3) is 53.7 Å². The van der Waals surface area contributed by atoms with Crippen molar-refractivity contribution in [2.24, 2.45) is 0 Å². The summed E-state index contributed by atoms with van der Waals surface area (Å²) in [4.78, 5) is 4.58. The van der Waals surface area contributed by atoms with Gasteiger partial charge in [0.15, 0.2) is 0 Å². The van der Waals surface area contributed by atoms with Crippen LogP contribution < -0.4 is 0 Å². The Balaban J connectivity index is 1.46. The van der Waals surface area contributed by atoms with Crippen LogP contribution in [0, 0.1) is 0 Å². The zero-order valence-corrected chi connectivity index (χ0v) is 15.2. The summed E-state index contributed by atoms with van der Waals surface area (Å²) in [6, 6.07) is 27.8. The third-order valence-corrected chi connectivity index (χ3v) is 6.23. The predicted octanol–water partition coefficient (Wildman–Crippen LogP) is 7.46. The fourth-order valence-corrected chi connectivity index (χ4v) is 4.70. The molecule has 0 spiro atoms. The van der Waals surface area contributed by atoms with Gasteiger partial charge >= 0.3 is 0 Å². The van der Waals surface area contributed by atoms with E-state index < -0.39 is 0 Å².